The van der Waals surface area contributed by atoms with Crippen LogP contribution in [0.5, 0.6) is 0 Å². The first-order chi connectivity index (χ1) is 9.38. The molecule has 0 radical (unpaired) electrons. The normalized spacial score (nSPS) is 10.7. The van der Waals surface area contributed by atoms with E-state index >= 15 is 0 Å². The summed E-state index contributed by atoms with van der Waals surface area (Å²) in [7, 11) is 0. The average molecular weight is 274 g/mol. The summed E-state index contributed by atoms with van der Waals surface area (Å²) < 4.78 is 26.7. The predicted molar refractivity (Wildman–Crippen MR) is 75.0 cm³/mol. The molecule has 1 nitrogen and oxygen atoms in total. The van der Waals surface area contributed by atoms with E-state index in [0.717, 1.165) is 40.5 Å². The van der Waals surface area contributed by atoms with Crippen molar-refractivity contribution < 1.29 is 13.6 Å². The lowest BCUT2D eigenvalue weighted by Crippen LogP contribution is -2.09. The Hall–Kier alpha value is -2.03. The molecule has 0 unspecified atom stereocenters. The lowest BCUT2D eigenvalue weighted by atomic mass is 9.94. The summed E-state index contributed by atoms with van der Waals surface area (Å²) in [5.41, 5.74) is 3.79. The molecule has 0 atom stereocenters. The van der Waals surface area contributed by atoms with Gasteiger partial charge in [-0.3, -0.25) is 4.79 Å². The van der Waals surface area contributed by atoms with Gasteiger partial charge in [0.1, 0.15) is 11.6 Å². The highest BCUT2D eigenvalue weighted by molar-refractivity contribution is 5.98. The fourth-order valence-corrected chi connectivity index (χ4v) is 2.46. The van der Waals surface area contributed by atoms with Crippen molar-refractivity contribution in [3.05, 3.63) is 69.8 Å². The molecule has 2 aromatic rings. The van der Waals surface area contributed by atoms with E-state index in [1.807, 2.05) is 32.9 Å². The lowest BCUT2D eigenvalue weighted by Gasteiger charge is -2.11. The van der Waals surface area contributed by atoms with Crippen LogP contribution in [0.1, 0.15) is 32.6 Å². The molecule has 0 aromatic heterocycles. The lowest BCUT2D eigenvalue weighted by molar-refractivity contribution is 0.0988. The highest BCUT2D eigenvalue weighted by Gasteiger charge is 2.15. The Labute approximate surface area is 117 Å². The number of ketones is 1. The van der Waals surface area contributed by atoms with Crippen LogP contribution in [-0.4, -0.2) is 5.78 Å². The van der Waals surface area contributed by atoms with Crippen molar-refractivity contribution in [2.24, 2.45) is 0 Å². The largest absolute Gasteiger partial charge is 0.294 e. The maximum Gasteiger partial charge on any atom is 0.170 e. The van der Waals surface area contributed by atoms with E-state index in [-0.39, 0.29) is 12.0 Å². The Morgan fingerprint density at radius 3 is 2.20 bits per heavy atom. The molecule has 2 rings (SSSR count). The summed E-state index contributed by atoms with van der Waals surface area (Å²) in [6.45, 7) is 5.83. The molecule has 0 heterocycles. The molecule has 0 aliphatic carbocycles. The topological polar surface area (TPSA) is 17.1 Å². The highest BCUT2D eigenvalue weighted by Crippen LogP contribution is 2.20. The molecule has 0 saturated carbocycles. The third-order valence-corrected chi connectivity index (χ3v) is 3.41. The summed E-state index contributed by atoms with van der Waals surface area (Å²) in [6.07, 6.45) is 0.0817. The number of halogens is 2. The molecule has 0 fully saturated rings. The van der Waals surface area contributed by atoms with Crippen molar-refractivity contribution >= 4 is 5.78 Å². The molecular weight excluding hydrogens is 258 g/mol. The molecular formula is C17H16F2O. The minimum Gasteiger partial charge on any atom is -0.294 e. The Kier molecular flexibility index (Phi) is 3.98. The van der Waals surface area contributed by atoms with Gasteiger partial charge in [-0.2, -0.15) is 0 Å². The second-order valence-electron chi connectivity index (χ2n) is 5.10. The second-order valence-corrected chi connectivity index (χ2v) is 5.10. The smallest absolute Gasteiger partial charge is 0.170 e. The predicted octanol–water partition coefficient (Wildman–Crippen LogP) is 4.32. The molecule has 0 bridgehead atoms. The molecule has 2 aromatic carbocycles. The molecule has 104 valence electrons. The number of aryl methyl sites for hydroxylation is 3. The van der Waals surface area contributed by atoms with E-state index in [1.54, 1.807) is 0 Å². The zero-order valence-electron chi connectivity index (χ0n) is 11.8. The maximum atomic E-state index is 13.6. The van der Waals surface area contributed by atoms with Crippen LogP contribution in [0, 0.1) is 32.4 Å². The van der Waals surface area contributed by atoms with Crippen molar-refractivity contribution in [1.82, 2.24) is 0 Å². The van der Waals surface area contributed by atoms with Gasteiger partial charge in [-0.15, -0.1) is 0 Å². The van der Waals surface area contributed by atoms with E-state index in [9.17, 15) is 13.6 Å². The molecule has 0 saturated heterocycles. The standard InChI is InChI=1S/C17H16F2O/c1-10-6-11(2)14(12(3)7-10)9-17(20)15-8-13(18)4-5-16(15)19/h4-8H,9H2,1-3H3. The van der Waals surface area contributed by atoms with E-state index in [4.69, 9.17) is 0 Å². The quantitative estimate of drug-likeness (QED) is 0.762. The summed E-state index contributed by atoms with van der Waals surface area (Å²) in [6, 6.07) is 6.91. The van der Waals surface area contributed by atoms with Crippen LogP contribution in [0.3, 0.4) is 0 Å². The second kappa shape index (κ2) is 5.53. The highest BCUT2D eigenvalue weighted by atomic mass is 19.1. The molecule has 3 heteroatoms. The number of carbonyl (C=O) groups excluding carboxylic acids is 1. The molecule has 20 heavy (non-hydrogen) atoms. The van der Waals surface area contributed by atoms with Crippen LogP contribution in [0.4, 0.5) is 8.78 Å². The van der Waals surface area contributed by atoms with E-state index in [2.05, 4.69) is 0 Å². The summed E-state index contributed by atoms with van der Waals surface area (Å²) in [5.74, 6) is -1.69. The van der Waals surface area contributed by atoms with E-state index in [0.29, 0.717) is 0 Å². The number of carbonyl (C=O) groups is 1. The van der Waals surface area contributed by atoms with Gasteiger partial charge >= 0.3 is 0 Å². The third-order valence-electron chi connectivity index (χ3n) is 3.41. The van der Waals surface area contributed by atoms with Crippen LogP contribution >= 0.6 is 0 Å². The molecule has 0 amide bonds. The zero-order valence-corrected chi connectivity index (χ0v) is 11.8. The minimum atomic E-state index is -0.682. The van der Waals surface area contributed by atoms with Gasteiger partial charge in [-0.25, -0.2) is 8.78 Å². The number of hydrogen-bond donors (Lipinski definition) is 0. The van der Waals surface area contributed by atoms with Crippen LogP contribution in [-0.2, 0) is 6.42 Å². The van der Waals surface area contributed by atoms with E-state index in [1.165, 1.54) is 0 Å². The van der Waals surface area contributed by atoms with Gasteiger partial charge in [0, 0.05) is 6.42 Å². The van der Waals surface area contributed by atoms with Crippen molar-refractivity contribution in [2.75, 3.05) is 0 Å². The van der Waals surface area contributed by atoms with Gasteiger partial charge in [0.2, 0.25) is 0 Å². The van der Waals surface area contributed by atoms with Crippen molar-refractivity contribution in [1.29, 1.82) is 0 Å². The molecule has 0 N–H and O–H groups in total. The minimum absolute atomic E-state index is 0.0817. The summed E-state index contributed by atoms with van der Waals surface area (Å²) in [4.78, 5) is 12.2. The van der Waals surface area contributed by atoms with Gasteiger partial charge in [-0.05, 0) is 55.7 Å². The monoisotopic (exact) mass is 274 g/mol. The molecule has 0 aliphatic heterocycles. The SMILES string of the molecule is Cc1cc(C)c(CC(=O)c2cc(F)ccc2F)c(C)c1. The number of Topliss-reactive ketones (excluding diaryl/α,β-unsaturated/α-hetero) is 1. The van der Waals surface area contributed by atoms with E-state index < -0.39 is 17.4 Å². The number of hydrogen-bond acceptors (Lipinski definition) is 1. The first-order valence-electron chi connectivity index (χ1n) is 6.43. The number of benzene rings is 2. The fourth-order valence-electron chi connectivity index (χ4n) is 2.46. The Morgan fingerprint density at radius 2 is 1.60 bits per heavy atom. The zero-order chi connectivity index (χ0) is 14.9. The van der Waals surface area contributed by atoms with Gasteiger partial charge in [0.05, 0.1) is 5.56 Å². The van der Waals surface area contributed by atoms with Crippen LogP contribution < -0.4 is 0 Å². The van der Waals surface area contributed by atoms with Gasteiger partial charge in [0.25, 0.3) is 0 Å². The molecule has 0 aliphatic rings. The fraction of sp³-hybridized carbons (Fsp3) is 0.235. The maximum absolute atomic E-state index is 13.6. The van der Waals surface area contributed by atoms with Crippen LogP contribution in [0.15, 0.2) is 30.3 Å². The van der Waals surface area contributed by atoms with Gasteiger partial charge in [-0.1, -0.05) is 17.7 Å². The third kappa shape index (κ3) is 2.93. The summed E-state index contributed by atoms with van der Waals surface area (Å²) >= 11 is 0. The Morgan fingerprint density at radius 1 is 1.00 bits per heavy atom. The first kappa shape index (κ1) is 14.4. The van der Waals surface area contributed by atoms with Crippen LogP contribution in [0.25, 0.3) is 0 Å². The average Bonchev–Trinajstić information content (AvgIpc) is 2.36. The van der Waals surface area contributed by atoms with Crippen LogP contribution in [0.2, 0.25) is 0 Å². The van der Waals surface area contributed by atoms with Crippen molar-refractivity contribution in [3.8, 4) is 0 Å². The Bertz CT molecular complexity index is 652. The number of rotatable bonds is 3. The van der Waals surface area contributed by atoms with Gasteiger partial charge in [0.15, 0.2) is 5.78 Å². The summed E-state index contributed by atoms with van der Waals surface area (Å²) in [5, 5.41) is 0. The Balaban J connectivity index is 2.35. The van der Waals surface area contributed by atoms with Crippen molar-refractivity contribution in [2.45, 2.75) is 27.2 Å². The van der Waals surface area contributed by atoms with Gasteiger partial charge < -0.3 is 0 Å². The first-order valence-corrected chi connectivity index (χ1v) is 6.43. The molecule has 0 spiro atoms. The van der Waals surface area contributed by atoms with Crippen molar-refractivity contribution in [3.63, 3.8) is 0 Å².